The van der Waals surface area contributed by atoms with Crippen LogP contribution in [0.15, 0.2) is 73.2 Å². The molecule has 1 unspecified atom stereocenters. The van der Waals surface area contributed by atoms with Crippen LogP contribution in [0.3, 0.4) is 0 Å². The van der Waals surface area contributed by atoms with Gasteiger partial charge in [-0.2, -0.15) is 0 Å². The number of fused-ring (bicyclic) bond motifs is 1. The lowest BCUT2D eigenvalue weighted by atomic mass is 9.92. The number of rotatable bonds is 6. The molecule has 1 aromatic heterocycles. The Labute approximate surface area is 185 Å². The second kappa shape index (κ2) is 9.10. The van der Waals surface area contributed by atoms with E-state index in [-0.39, 0.29) is 11.5 Å². The third-order valence-electron chi connectivity index (χ3n) is 5.30. The van der Waals surface area contributed by atoms with Crippen molar-refractivity contribution >= 4 is 34.6 Å². The number of carbonyl (C=O) groups is 1. The molecule has 0 amide bonds. The molecule has 4 rings (SSSR count). The quantitative estimate of drug-likeness (QED) is 0.517. The highest BCUT2D eigenvalue weighted by molar-refractivity contribution is 6.30. The first-order valence-electron chi connectivity index (χ1n) is 9.89. The summed E-state index contributed by atoms with van der Waals surface area (Å²) in [5.74, 6) is 0.0231. The van der Waals surface area contributed by atoms with Gasteiger partial charge in [0.2, 0.25) is 0 Å². The van der Waals surface area contributed by atoms with E-state index < -0.39 is 5.97 Å². The van der Waals surface area contributed by atoms with E-state index in [0.717, 1.165) is 29.1 Å². The van der Waals surface area contributed by atoms with Crippen molar-refractivity contribution in [1.29, 1.82) is 0 Å². The van der Waals surface area contributed by atoms with Crippen LogP contribution in [0.4, 0.5) is 17.1 Å². The van der Waals surface area contributed by atoms with E-state index in [0.29, 0.717) is 17.3 Å². The lowest BCUT2D eigenvalue weighted by Gasteiger charge is -2.27. The summed E-state index contributed by atoms with van der Waals surface area (Å²) in [7, 11) is 2.00. The Morgan fingerprint density at radius 3 is 2.77 bits per heavy atom. The lowest BCUT2D eigenvalue weighted by molar-refractivity contribution is 0.0698. The Morgan fingerprint density at radius 1 is 1.23 bits per heavy atom. The molecule has 31 heavy (non-hydrogen) atoms. The minimum atomic E-state index is -0.993. The van der Waals surface area contributed by atoms with E-state index in [1.807, 2.05) is 43.5 Å². The number of hydrogen-bond donors (Lipinski definition) is 2. The molecule has 2 N–H and O–H groups in total. The van der Waals surface area contributed by atoms with Gasteiger partial charge in [-0.3, -0.25) is 4.98 Å². The van der Waals surface area contributed by atoms with Crippen molar-refractivity contribution in [2.45, 2.75) is 12.3 Å². The van der Waals surface area contributed by atoms with E-state index in [9.17, 15) is 9.90 Å². The maximum atomic E-state index is 11.3. The molecule has 2 heterocycles. The molecule has 6 nitrogen and oxygen atoms in total. The smallest absolute Gasteiger partial charge is 0.337 e. The van der Waals surface area contributed by atoms with Crippen molar-refractivity contribution in [1.82, 2.24) is 4.98 Å². The molecule has 0 spiro atoms. The van der Waals surface area contributed by atoms with Crippen molar-refractivity contribution in [3.05, 3.63) is 89.4 Å². The topological polar surface area (TPSA) is 74.7 Å². The predicted molar refractivity (Wildman–Crippen MR) is 123 cm³/mol. The third-order valence-corrected chi connectivity index (χ3v) is 5.56. The van der Waals surface area contributed by atoms with Crippen LogP contribution < -0.4 is 15.0 Å². The first-order valence-corrected chi connectivity index (χ1v) is 10.3. The number of benzene rings is 2. The van der Waals surface area contributed by atoms with Crippen LogP contribution >= 0.6 is 11.6 Å². The average molecular weight is 436 g/mol. The van der Waals surface area contributed by atoms with Crippen molar-refractivity contribution in [3.63, 3.8) is 0 Å². The summed E-state index contributed by atoms with van der Waals surface area (Å²) in [6, 6.07) is 15.4. The fourth-order valence-corrected chi connectivity index (χ4v) is 3.70. The number of hydrogen-bond acceptors (Lipinski definition) is 5. The molecule has 0 saturated carbocycles. The fraction of sp³-hybridized carbons (Fsp3) is 0.167. The summed E-state index contributed by atoms with van der Waals surface area (Å²) in [5.41, 5.74) is 3.79. The van der Waals surface area contributed by atoms with Gasteiger partial charge in [0.1, 0.15) is 5.75 Å². The summed E-state index contributed by atoms with van der Waals surface area (Å²) in [5, 5.41) is 13.0. The number of carboxylic acids is 1. The van der Waals surface area contributed by atoms with E-state index in [1.165, 1.54) is 18.5 Å². The summed E-state index contributed by atoms with van der Waals surface area (Å²) >= 11 is 6.00. The van der Waals surface area contributed by atoms with Gasteiger partial charge in [0.25, 0.3) is 0 Å². The van der Waals surface area contributed by atoms with Gasteiger partial charge >= 0.3 is 5.97 Å². The number of carboxylic acid groups (broad SMARTS) is 1. The molecule has 2 aromatic carbocycles. The van der Waals surface area contributed by atoms with Crippen molar-refractivity contribution in [2.75, 3.05) is 23.9 Å². The molecule has 1 aliphatic rings. The van der Waals surface area contributed by atoms with Gasteiger partial charge in [-0.15, -0.1) is 0 Å². The SMILES string of the molecule is CN(c1ccc(Cl)cc1)c1ccc2c(c1)OCCC2/C=C/Nc1cnccc1C(=O)O. The van der Waals surface area contributed by atoms with Crippen LogP contribution in [0.1, 0.15) is 28.3 Å². The zero-order valence-corrected chi connectivity index (χ0v) is 17.7. The van der Waals surface area contributed by atoms with Crippen LogP contribution in [-0.2, 0) is 0 Å². The van der Waals surface area contributed by atoms with Gasteiger partial charge in [0.05, 0.1) is 24.1 Å². The van der Waals surface area contributed by atoms with Gasteiger partial charge in [0.15, 0.2) is 0 Å². The number of halogens is 1. The van der Waals surface area contributed by atoms with Gasteiger partial charge < -0.3 is 20.1 Å². The van der Waals surface area contributed by atoms with Crippen LogP contribution in [0.25, 0.3) is 0 Å². The Kier molecular flexibility index (Phi) is 6.09. The standard InChI is InChI=1S/C24H22ClN3O3/c1-28(18-4-2-17(25)3-5-18)19-6-7-20-16(10-13-31-23(20)14-19)8-12-27-22-15-26-11-9-21(22)24(29)30/h2-9,11-12,14-16,27H,10,13H2,1H3,(H,29,30)/b12-8+. The maximum absolute atomic E-state index is 11.3. The molecule has 3 aromatic rings. The highest BCUT2D eigenvalue weighted by Crippen LogP contribution is 2.38. The number of ether oxygens (including phenoxy) is 1. The van der Waals surface area contributed by atoms with Gasteiger partial charge in [-0.25, -0.2) is 4.79 Å². The molecule has 0 saturated heterocycles. The second-order valence-corrected chi connectivity index (χ2v) is 7.67. The van der Waals surface area contributed by atoms with E-state index in [2.05, 4.69) is 27.3 Å². The zero-order valence-electron chi connectivity index (χ0n) is 17.0. The summed E-state index contributed by atoms with van der Waals surface area (Å²) in [6.45, 7) is 0.614. The first-order chi connectivity index (χ1) is 15.0. The summed E-state index contributed by atoms with van der Waals surface area (Å²) < 4.78 is 5.92. The molecule has 158 valence electrons. The fourth-order valence-electron chi connectivity index (χ4n) is 3.58. The maximum Gasteiger partial charge on any atom is 0.337 e. The van der Waals surface area contributed by atoms with Crippen LogP contribution in [-0.4, -0.2) is 29.7 Å². The average Bonchev–Trinajstić information content (AvgIpc) is 2.79. The number of aromatic carboxylic acids is 1. The summed E-state index contributed by atoms with van der Waals surface area (Å²) in [6.07, 6.45) is 7.62. The van der Waals surface area contributed by atoms with Crippen LogP contribution in [0, 0.1) is 0 Å². The number of nitrogens with one attached hydrogen (secondary N) is 1. The summed E-state index contributed by atoms with van der Waals surface area (Å²) in [4.78, 5) is 17.4. The van der Waals surface area contributed by atoms with Gasteiger partial charge in [-0.05, 0) is 49.0 Å². The molecule has 0 bridgehead atoms. The number of anilines is 3. The zero-order chi connectivity index (χ0) is 21.8. The van der Waals surface area contributed by atoms with Crippen molar-refractivity contribution in [3.8, 4) is 5.75 Å². The molecule has 0 fully saturated rings. The predicted octanol–water partition coefficient (Wildman–Crippen LogP) is 5.69. The second-order valence-electron chi connectivity index (χ2n) is 7.23. The van der Waals surface area contributed by atoms with Gasteiger partial charge in [-0.1, -0.05) is 23.7 Å². The largest absolute Gasteiger partial charge is 0.493 e. The molecule has 1 atom stereocenters. The Balaban J connectivity index is 1.51. The molecule has 0 aliphatic carbocycles. The van der Waals surface area contributed by atoms with Crippen molar-refractivity contribution < 1.29 is 14.6 Å². The highest BCUT2D eigenvalue weighted by atomic mass is 35.5. The molecule has 7 heteroatoms. The third kappa shape index (κ3) is 4.64. The Hall–Kier alpha value is -3.51. The number of aromatic nitrogens is 1. The van der Waals surface area contributed by atoms with E-state index >= 15 is 0 Å². The van der Waals surface area contributed by atoms with E-state index in [4.69, 9.17) is 16.3 Å². The highest BCUT2D eigenvalue weighted by Gasteiger charge is 2.20. The molecule has 1 aliphatic heterocycles. The molecule has 0 radical (unpaired) electrons. The number of allylic oxidation sites excluding steroid dienone is 1. The minimum absolute atomic E-state index is 0.163. The Bertz CT molecular complexity index is 1120. The monoisotopic (exact) mass is 435 g/mol. The van der Waals surface area contributed by atoms with Crippen LogP contribution in [0.5, 0.6) is 5.75 Å². The Morgan fingerprint density at radius 2 is 2.00 bits per heavy atom. The normalized spacial score (nSPS) is 15.2. The molecular weight excluding hydrogens is 414 g/mol. The number of nitrogens with zero attached hydrogens (tertiary/aromatic N) is 2. The lowest BCUT2D eigenvalue weighted by Crippen LogP contribution is -2.15. The van der Waals surface area contributed by atoms with Crippen molar-refractivity contribution in [2.24, 2.45) is 0 Å². The van der Waals surface area contributed by atoms with Gasteiger partial charge in [0, 0.05) is 47.2 Å². The number of pyridine rings is 1. The minimum Gasteiger partial charge on any atom is -0.493 e. The molecular formula is C24H22ClN3O3. The van der Waals surface area contributed by atoms with Crippen LogP contribution in [0.2, 0.25) is 5.02 Å². The first kappa shape index (κ1) is 20.8. The van der Waals surface area contributed by atoms with E-state index in [1.54, 1.807) is 6.20 Å².